The molecule has 0 saturated heterocycles. The first kappa shape index (κ1) is 26.6. The number of aliphatic hydroxyl groups is 2. The largest absolute Gasteiger partial charge is 0.396 e. The predicted octanol–water partition coefficient (Wildman–Crippen LogP) is 3.64. The molecule has 0 aromatic rings. The molecule has 204 valence electrons. The van der Waals surface area contributed by atoms with Crippen molar-refractivity contribution in [1.29, 1.82) is 0 Å². The van der Waals surface area contributed by atoms with Crippen LogP contribution in [-0.4, -0.2) is 65.7 Å². The number of amides is 1. The second-order valence-electron chi connectivity index (χ2n) is 14.8. The van der Waals surface area contributed by atoms with Crippen LogP contribution in [0.5, 0.6) is 0 Å². The first-order valence-corrected chi connectivity index (χ1v) is 14.5. The van der Waals surface area contributed by atoms with Crippen molar-refractivity contribution in [2.24, 2.45) is 50.7 Å². The van der Waals surface area contributed by atoms with E-state index in [4.69, 9.17) is 0 Å². The first-order valence-electron chi connectivity index (χ1n) is 14.5. The Morgan fingerprint density at radius 1 is 1.08 bits per heavy atom. The fourth-order valence-electron chi connectivity index (χ4n) is 11.0. The van der Waals surface area contributed by atoms with Crippen LogP contribution in [0.25, 0.3) is 0 Å². The molecule has 0 aliphatic heterocycles. The predicted molar refractivity (Wildman–Crippen MR) is 140 cm³/mol. The van der Waals surface area contributed by atoms with Crippen LogP contribution >= 0.6 is 0 Å². The second kappa shape index (κ2) is 8.02. The molecule has 5 aliphatic rings. The van der Waals surface area contributed by atoms with Crippen LogP contribution in [0.1, 0.15) is 86.5 Å². The van der Waals surface area contributed by atoms with E-state index in [0.29, 0.717) is 12.2 Å². The highest BCUT2D eigenvalue weighted by molar-refractivity contribution is 5.92. The number of nitrogens with zero attached hydrogens (tertiary/aromatic N) is 1. The van der Waals surface area contributed by atoms with Gasteiger partial charge in [0.15, 0.2) is 0 Å². The number of rotatable bonds is 5. The molecule has 2 spiro atoms. The lowest BCUT2D eigenvalue weighted by Crippen LogP contribution is -2.64. The highest BCUT2D eigenvalue weighted by Crippen LogP contribution is 2.87. The van der Waals surface area contributed by atoms with E-state index in [1.54, 1.807) is 0 Å². The minimum absolute atomic E-state index is 0.0352. The van der Waals surface area contributed by atoms with E-state index in [1.807, 2.05) is 13.8 Å². The van der Waals surface area contributed by atoms with E-state index in [9.17, 15) is 19.8 Å². The van der Waals surface area contributed by atoms with Crippen molar-refractivity contribution < 1.29 is 19.8 Å². The molecule has 5 fully saturated rings. The Morgan fingerprint density at radius 2 is 1.72 bits per heavy atom. The fraction of sp³-hybridized carbons (Fsp3) is 0.933. The average molecular weight is 503 g/mol. The van der Waals surface area contributed by atoms with Gasteiger partial charge in [0, 0.05) is 41.2 Å². The maximum Gasteiger partial charge on any atom is 0.222 e. The molecule has 5 aliphatic carbocycles. The number of aliphatic hydroxyl groups excluding tert-OH is 2. The van der Waals surface area contributed by atoms with Crippen LogP contribution in [0.2, 0.25) is 0 Å². The van der Waals surface area contributed by atoms with Gasteiger partial charge in [0.1, 0.15) is 5.78 Å². The van der Waals surface area contributed by atoms with Gasteiger partial charge in [-0.25, -0.2) is 0 Å². The molecule has 36 heavy (non-hydrogen) atoms. The average Bonchev–Trinajstić information content (AvgIpc) is 3.44. The zero-order valence-corrected chi connectivity index (χ0v) is 23.9. The van der Waals surface area contributed by atoms with E-state index in [1.165, 1.54) is 0 Å². The number of ketones is 1. The number of hydrogen-bond acceptors (Lipinski definition) is 5. The molecule has 0 radical (unpaired) electrons. The minimum Gasteiger partial charge on any atom is -0.396 e. The van der Waals surface area contributed by atoms with Crippen molar-refractivity contribution in [3.63, 3.8) is 0 Å². The number of fused-ring (bicyclic) bond motifs is 2. The molecule has 0 bridgehead atoms. The highest BCUT2D eigenvalue weighted by atomic mass is 16.3. The zero-order chi connectivity index (χ0) is 26.6. The Labute approximate surface area is 218 Å². The molecule has 0 aromatic carbocycles. The molecule has 5 saturated carbocycles. The van der Waals surface area contributed by atoms with Gasteiger partial charge in [-0.3, -0.25) is 9.59 Å². The SMILES string of the molecule is CC(C)C(=O)NC1CCC23CC24C(=O)CC2(C)C([C@H](C)N(C)C)[C@H](O)C[C@@]2(C)C4CCC3[C@]1(C)CO. The van der Waals surface area contributed by atoms with E-state index in [0.717, 1.165) is 38.5 Å². The lowest BCUT2D eigenvalue weighted by atomic mass is 9.41. The summed E-state index contributed by atoms with van der Waals surface area (Å²) in [6.07, 6.45) is 5.60. The van der Waals surface area contributed by atoms with E-state index in [2.05, 4.69) is 52.0 Å². The highest BCUT2D eigenvalue weighted by Gasteiger charge is 2.86. The summed E-state index contributed by atoms with van der Waals surface area (Å²) in [6.45, 7) is 12.9. The van der Waals surface area contributed by atoms with Crippen LogP contribution in [-0.2, 0) is 9.59 Å². The lowest BCUT2D eigenvalue weighted by molar-refractivity contribution is -0.173. The van der Waals surface area contributed by atoms with Gasteiger partial charge in [-0.2, -0.15) is 0 Å². The van der Waals surface area contributed by atoms with E-state index < -0.39 is 11.5 Å². The number of Topliss-reactive ketones (excluding diaryl/α,β-unsaturated/α-hetero) is 1. The van der Waals surface area contributed by atoms with E-state index in [-0.39, 0.29) is 69.9 Å². The molecule has 6 nitrogen and oxygen atoms in total. The monoisotopic (exact) mass is 502 g/mol. The summed E-state index contributed by atoms with van der Waals surface area (Å²) in [5.41, 5.74) is -1.10. The van der Waals surface area contributed by atoms with Crippen molar-refractivity contribution in [2.45, 2.75) is 105 Å². The smallest absolute Gasteiger partial charge is 0.222 e. The standard InChI is InChI=1S/C30H50N2O4/c1-17(2)25(36)31-22-11-12-29-15-30(29)21(10-9-20(29)26(22,4)16-33)27(5)13-19(34)24(18(3)32(7)8)28(27,6)14-23(30)35/h17-22,24,33-34H,9-16H2,1-8H3,(H,31,36)/t18-,19+,20?,21?,22?,24?,26-,27-,28?,29?,30?/m0/s1. The maximum atomic E-state index is 14.4. The van der Waals surface area contributed by atoms with Crippen molar-refractivity contribution in [1.82, 2.24) is 10.2 Å². The summed E-state index contributed by atoms with van der Waals surface area (Å²) in [7, 11) is 4.16. The quantitative estimate of drug-likeness (QED) is 0.534. The molecule has 11 atom stereocenters. The molecule has 0 heterocycles. The van der Waals surface area contributed by atoms with Gasteiger partial charge in [0.2, 0.25) is 5.91 Å². The molecule has 1 amide bonds. The number of carbonyl (C=O) groups excluding carboxylic acids is 2. The van der Waals surface area contributed by atoms with Crippen LogP contribution in [0.15, 0.2) is 0 Å². The molecule has 6 heteroatoms. The molecular weight excluding hydrogens is 452 g/mol. The summed E-state index contributed by atoms with van der Waals surface area (Å²) in [5.74, 6) is 0.982. The first-order chi connectivity index (χ1) is 16.7. The van der Waals surface area contributed by atoms with Gasteiger partial charge in [0.25, 0.3) is 0 Å². The molecule has 7 unspecified atom stereocenters. The fourth-order valence-corrected chi connectivity index (χ4v) is 11.0. The lowest BCUT2D eigenvalue weighted by Gasteiger charge is -2.63. The Bertz CT molecular complexity index is 951. The van der Waals surface area contributed by atoms with Crippen LogP contribution in [0.4, 0.5) is 0 Å². The summed E-state index contributed by atoms with van der Waals surface area (Å²) < 4.78 is 0. The third-order valence-electron chi connectivity index (χ3n) is 13.2. The van der Waals surface area contributed by atoms with Crippen LogP contribution in [0.3, 0.4) is 0 Å². The van der Waals surface area contributed by atoms with Crippen LogP contribution < -0.4 is 5.32 Å². The molecule has 0 aromatic heterocycles. The van der Waals surface area contributed by atoms with Gasteiger partial charge < -0.3 is 20.4 Å². The molecular formula is C30H50N2O4. The van der Waals surface area contributed by atoms with E-state index >= 15 is 0 Å². The van der Waals surface area contributed by atoms with Gasteiger partial charge in [-0.05, 0) is 87.6 Å². The van der Waals surface area contributed by atoms with Gasteiger partial charge in [0.05, 0.1) is 12.7 Å². The number of carbonyl (C=O) groups is 2. The maximum absolute atomic E-state index is 14.4. The minimum atomic E-state index is -0.420. The summed E-state index contributed by atoms with van der Waals surface area (Å²) in [6, 6.07) is 0.149. The van der Waals surface area contributed by atoms with Gasteiger partial charge in [-0.1, -0.05) is 34.6 Å². The Hall–Kier alpha value is -0.980. The molecule has 5 rings (SSSR count). The Morgan fingerprint density at radius 3 is 2.31 bits per heavy atom. The van der Waals surface area contributed by atoms with Gasteiger partial charge in [-0.15, -0.1) is 0 Å². The summed E-state index contributed by atoms with van der Waals surface area (Å²) >= 11 is 0. The van der Waals surface area contributed by atoms with Crippen molar-refractivity contribution >= 4 is 11.7 Å². The normalized spacial score (nSPS) is 52.3. The Balaban J connectivity index is 1.51. The molecule has 3 N–H and O–H groups in total. The third-order valence-corrected chi connectivity index (χ3v) is 13.2. The Kier molecular flexibility index (Phi) is 5.93. The number of nitrogens with one attached hydrogen (secondary N) is 1. The van der Waals surface area contributed by atoms with Crippen LogP contribution in [0, 0.1) is 50.7 Å². The van der Waals surface area contributed by atoms with Crippen molar-refractivity contribution in [3.8, 4) is 0 Å². The van der Waals surface area contributed by atoms with Crippen molar-refractivity contribution in [2.75, 3.05) is 20.7 Å². The van der Waals surface area contributed by atoms with Gasteiger partial charge >= 0.3 is 0 Å². The number of hydrogen-bond donors (Lipinski definition) is 3. The summed E-state index contributed by atoms with van der Waals surface area (Å²) in [4.78, 5) is 29.2. The zero-order valence-electron chi connectivity index (χ0n) is 23.9. The topological polar surface area (TPSA) is 89.9 Å². The van der Waals surface area contributed by atoms with Crippen molar-refractivity contribution in [3.05, 3.63) is 0 Å². The summed E-state index contributed by atoms with van der Waals surface area (Å²) in [5, 5.41) is 25.5. The second-order valence-corrected chi connectivity index (χ2v) is 14.8. The third kappa shape index (κ3) is 2.96.